The highest BCUT2D eigenvalue weighted by Crippen LogP contribution is 2.35. The predicted octanol–water partition coefficient (Wildman–Crippen LogP) is 6.92. The molecule has 5 aromatic rings. The van der Waals surface area contributed by atoms with Crippen molar-refractivity contribution < 1.29 is 43.0 Å². The third kappa shape index (κ3) is 11.9. The van der Waals surface area contributed by atoms with Crippen molar-refractivity contribution in [3.05, 3.63) is 100 Å². The largest absolute Gasteiger partial charge is 0.494 e. The van der Waals surface area contributed by atoms with Crippen molar-refractivity contribution in [3.63, 3.8) is 0 Å². The van der Waals surface area contributed by atoms with Gasteiger partial charge in [-0.25, -0.2) is 9.02 Å². The smallest absolute Gasteiger partial charge is 0.325 e. The van der Waals surface area contributed by atoms with Crippen LogP contribution in [0, 0.1) is 5.82 Å². The van der Waals surface area contributed by atoms with Gasteiger partial charge in [0.15, 0.2) is 0 Å². The normalized spacial score (nSPS) is 13.7. The highest BCUT2D eigenvalue weighted by molar-refractivity contribution is 6.32. The summed E-state index contributed by atoms with van der Waals surface area (Å²) < 4.78 is 44.2. The standard InChI is InChI=1S/C40H44ClFN4O8.2ClH/c1-2-50-40(49)36(23-47)43-22-29-20-33(41)38(21-37(29)52-24-26-10-11-34-35(18-26)45-54-44-34)53-25-28-7-4-9-32(39(28)42)27-6-3-8-31(19-27)51-17-5-14-46-15-12-30(48)13-16-46;;/h3-4,6-11,18-21,30,36,43,47-48H,2,5,12-17,22-25H2,1H3;2*1H/t36-;;/m1../s1. The van der Waals surface area contributed by atoms with Crippen LogP contribution >= 0.6 is 36.4 Å². The van der Waals surface area contributed by atoms with Crippen LogP contribution in [-0.2, 0) is 29.3 Å². The Balaban J connectivity index is 0.00000348. The van der Waals surface area contributed by atoms with Crippen molar-refractivity contribution in [3.8, 4) is 28.4 Å². The number of aliphatic hydroxyl groups excluding tert-OH is 2. The number of likely N-dealkylation sites (tertiary alicyclic amines) is 1. The number of carbonyl (C=O) groups is 1. The lowest BCUT2D eigenvalue weighted by molar-refractivity contribution is -0.146. The second-order valence-corrected chi connectivity index (χ2v) is 13.4. The quantitative estimate of drug-likeness (QED) is 0.0622. The average molecular weight is 836 g/mol. The van der Waals surface area contributed by atoms with E-state index in [1.807, 2.05) is 30.3 Å². The molecule has 16 heteroatoms. The van der Waals surface area contributed by atoms with E-state index in [2.05, 4.69) is 20.5 Å². The summed E-state index contributed by atoms with van der Waals surface area (Å²) in [4.78, 5) is 14.6. The lowest BCUT2D eigenvalue weighted by Crippen LogP contribution is -2.40. The number of fused-ring (bicyclic) bond motifs is 1. The molecule has 1 aromatic heterocycles. The van der Waals surface area contributed by atoms with E-state index in [0.717, 1.165) is 44.5 Å². The van der Waals surface area contributed by atoms with Gasteiger partial charge in [-0.2, -0.15) is 0 Å². The molecule has 1 fully saturated rings. The van der Waals surface area contributed by atoms with Gasteiger partial charge in [-0.3, -0.25) is 10.1 Å². The first-order valence-electron chi connectivity index (χ1n) is 18.0. The molecule has 1 aliphatic heterocycles. The van der Waals surface area contributed by atoms with Crippen LogP contribution in [0.5, 0.6) is 17.2 Å². The third-order valence-corrected chi connectivity index (χ3v) is 9.47. The lowest BCUT2D eigenvalue weighted by Gasteiger charge is -2.29. The molecule has 0 saturated carbocycles. The van der Waals surface area contributed by atoms with Crippen LogP contribution in [0.2, 0.25) is 5.02 Å². The molecule has 6 rings (SSSR count). The van der Waals surface area contributed by atoms with Crippen LogP contribution in [0.4, 0.5) is 4.39 Å². The van der Waals surface area contributed by atoms with E-state index >= 15 is 4.39 Å². The van der Waals surface area contributed by atoms with E-state index in [0.29, 0.717) is 51.4 Å². The molecule has 1 aliphatic rings. The van der Waals surface area contributed by atoms with Gasteiger partial charge in [0.05, 0.1) is 30.9 Å². The maximum Gasteiger partial charge on any atom is 0.325 e. The fraction of sp³-hybridized carbons (Fsp3) is 0.375. The molecule has 302 valence electrons. The van der Waals surface area contributed by atoms with Gasteiger partial charge in [0, 0.05) is 48.9 Å². The number of benzene rings is 4. The summed E-state index contributed by atoms with van der Waals surface area (Å²) in [5, 5.41) is 30.5. The number of aliphatic hydroxyl groups is 2. The number of hydrogen-bond acceptors (Lipinski definition) is 12. The summed E-state index contributed by atoms with van der Waals surface area (Å²) in [5.74, 6) is 0.291. The van der Waals surface area contributed by atoms with Gasteiger partial charge in [0.25, 0.3) is 0 Å². The second kappa shape index (κ2) is 21.9. The molecule has 4 aromatic carbocycles. The molecule has 0 radical (unpaired) electrons. The molecule has 12 nitrogen and oxygen atoms in total. The number of nitrogens with one attached hydrogen (secondary N) is 1. The fourth-order valence-corrected chi connectivity index (χ4v) is 6.42. The number of hydrogen-bond donors (Lipinski definition) is 3. The molecule has 3 N–H and O–H groups in total. The highest BCUT2D eigenvalue weighted by atomic mass is 35.5. The van der Waals surface area contributed by atoms with Gasteiger partial charge in [-0.1, -0.05) is 48.0 Å². The van der Waals surface area contributed by atoms with Crippen LogP contribution in [0.3, 0.4) is 0 Å². The number of aromatic nitrogens is 2. The first-order valence-corrected chi connectivity index (χ1v) is 18.4. The molecule has 0 amide bonds. The first-order chi connectivity index (χ1) is 26.3. The molecular weight excluding hydrogens is 790 g/mol. The maximum absolute atomic E-state index is 16.0. The molecule has 0 spiro atoms. The number of esters is 1. The number of piperidine rings is 1. The van der Waals surface area contributed by atoms with Gasteiger partial charge in [0.1, 0.15) is 53.4 Å². The number of carbonyl (C=O) groups excluding carboxylic acids is 1. The molecule has 0 bridgehead atoms. The molecule has 56 heavy (non-hydrogen) atoms. The summed E-state index contributed by atoms with van der Waals surface area (Å²) in [6.45, 7) is 4.73. The van der Waals surface area contributed by atoms with Crippen molar-refractivity contribution in [2.24, 2.45) is 0 Å². The molecule has 0 aliphatic carbocycles. The molecule has 2 heterocycles. The Morgan fingerprint density at radius 1 is 0.964 bits per heavy atom. The summed E-state index contributed by atoms with van der Waals surface area (Å²) in [6, 6.07) is 20.2. The summed E-state index contributed by atoms with van der Waals surface area (Å²) in [6.07, 6.45) is 2.26. The van der Waals surface area contributed by atoms with Gasteiger partial charge >= 0.3 is 5.97 Å². The third-order valence-electron chi connectivity index (χ3n) is 9.17. The van der Waals surface area contributed by atoms with Crippen molar-refractivity contribution in [1.29, 1.82) is 0 Å². The van der Waals surface area contributed by atoms with Crippen LogP contribution in [0.15, 0.2) is 77.4 Å². The van der Waals surface area contributed by atoms with E-state index in [1.165, 1.54) is 0 Å². The number of halogens is 4. The van der Waals surface area contributed by atoms with Crippen LogP contribution in [0.25, 0.3) is 22.2 Å². The van der Waals surface area contributed by atoms with Crippen LogP contribution in [-0.4, -0.2) is 83.0 Å². The number of rotatable bonds is 18. The topological polar surface area (TPSA) is 149 Å². The van der Waals surface area contributed by atoms with Crippen LogP contribution in [0.1, 0.15) is 42.9 Å². The Labute approximate surface area is 342 Å². The number of nitrogens with zero attached hydrogens (tertiary/aromatic N) is 3. The first kappa shape index (κ1) is 44.5. The average Bonchev–Trinajstić information content (AvgIpc) is 3.65. The Bertz CT molecular complexity index is 2010. The van der Waals surface area contributed by atoms with Crippen molar-refractivity contribution in [2.75, 3.05) is 39.5 Å². The van der Waals surface area contributed by atoms with Crippen LogP contribution < -0.4 is 19.5 Å². The maximum atomic E-state index is 16.0. The Morgan fingerprint density at radius 2 is 1.73 bits per heavy atom. The highest BCUT2D eigenvalue weighted by Gasteiger charge is 2.21. The molecule has 0 unspecified atom stereocenters. The lowest BCUT2D eigenvalue weighted by atomic mass is 10.0. The second-order valence-electron chi connectivity index (χ2n) is 13.0. The van der Waals surface area contributed by atoms with Crippen molar-refractivity contribution >= 4 is 53.4 Å². The monoisotopic (exact) mass is 834 g/mol. The van der Waals surface area contributed by atoms with Gasteiger partial charge in [-0.15, -0.1) is 24.8 Å². The zero-order chi connectivity index (χ0) is 37.9. The zero-order valence-electron chi connectivity index (χ0n) is 30.8. The molecule has 1 atom stereocenters. The van der Waals surface area contributed by atoms with E-state index < -0.39 is 24.4 Å². The van der Waals surface area contributed by atoms with Gasteiger partial charge in [0.2, 0.25) is 0 Å². The molecule has 1 saturated heterocycles. The minimum atomic E-state index is -0.960. The Hall–Kier alpha value is -4.21. The van der Waals surface area contributed by atoms with E-state index in [1.54, 1.807) is 49.4 Å². The zero-order valence-corrected chi connectivity index (χ0v) is 33.2. The Morgan fingerprint density at radius 3 is 2.52 bits per heavy atom. The van der Waals surface area contributed by atoms with E-state index in [-0.39, 0.29) is 68.1 Å². The van der Waals surface area contributed by atoms with Gasteiger partial charge < -0.3 is 34.1 Å². The summed E-state index contributed by atoms with van der Waals surface area (Å²) >= 11 is 6.69. The van der Waals surface area contributed by atoms with E-state index in [4.69, 9.17) is 35.2 Å². The summed E-state index contributed by atoms with van der Waals surface area (Å²) in [7, 11) is 0. The van der Waals surface area contributed by atoms with Crippen molar-refractivity contribution in [1.82, 2.24) is 20.5 Å². The van der Waals surface area contributed by atoms with E-state index in [9.17, 15) is 15.0 Å². The SMILES string of the molecule is CCOC(=O)[C@@H](CO)NCc1cc(Cl)c(OCc2cccc(-c3cccc(OCCCN4CCC(O)CC4)c3)c2F)cc1OCc1ccc2nonc2c1.Cl.Cl. The van der Waals surface area contributed by atoms with Crippen molar-refractivity contribution in [2.45, 2.75) is 58.1 Å². The minimum Gasteiger partial charge on any atom is -0.494 e. The number of ether oxygens (including phenoxy) is 4. The van der Waals surface area contributed by atoms with Gasteiger partial charge in [-0.05, 0) is 78.0 Å². The summed E-state index contributed by atoms with van der Waals surface area (Å²) in [5.41, 5.74) is 3.97. The minimum absolute atomic E-state index is 0. The Kier molecular flexibility index (Phi) is 17.4. The predicted molar refractivity (Wildman–Crippen MR) is 214 cm³/mol. The molecular formula is C40H46Cl3FN4O8. The fourth-order valence-electron chi connectivity index (χ4n) is 6.18.